The number of rotatable bonds is 15. The number of hydrogen-bond acceptors (Lipinski definition) is 18. The summed E-state index contributed by atoms with van der Waals surface area (Å²) in [5.41, 5.74) is 3.79. The number of hydrogen-bond donors (Lipinski definition) is 2. The number of piperidine rings is 2. The average molecular weight is 1560 g/mol. The number of carbonyl (C=O) groups is 2. The summed E-state index contributed by atoms with van der Waals surface area (Å²) in [4.78, 5) is 51.8. The number of amides is 2. The van der Waals surface area contributed by atoms with Crippen molar-refractivity contribution in [3.05, 3.63) is 59.4 Å². The van der Waals surface area contributed by atoms with Gasteiger partial charge in [-0.3, -0.25) is 44.0 Å². The molecule has 1 aromatic heterocycles. The molecule has 9 heterocycles. The quantitative estimate of drug-likeness (QED) is 0.172. The first kappa shape index (κ1) is 112. The van der Waals surface area contributed by atoms with Gasteiger partial charge in [0.25, 0.3) is 0 Å². The highest BCUT2D eigenvalue weighted by molar-refractivity contribution is 5.78. The van der Waals surface area contributed by atoms with Crippen molar-refractivity contribution in [2.24, 2.45) is 11.8 Å². The minimum absolute atomic E-state index is 0. The molecule has 0 radical (unpaired) electrons. The van der Waals surface area contributed by atoms with Crippen LogP contribution < -0.4 is 4.74 Å². The van der Waals surface area contributed by atoms with Gasteiger partial charge in [-0.1, -0.05) is 76.5 Å². The Morgan fingerprint density at radius 1 is 0.564 bits per heavy atom. The van der Waals surface area contributed by atoms with Gasteiger partial charge in [0, 0.05) is 198 Å². The van der Waals surface area contributed by atoms with E-state index in [4.69, 9.17) is 24.6 Å². The first-order valence-electron chi connectivity index (χ1n) is 41.6. The van der Waals surface area contributed by atoms with Gasteiger partial charge < -0.3 is 48.9 Å². The van der Waals surface area contributed by atoms with E-state index in [0.29, 0.717) is 79.2 Å². The smallest absolute Gasteiger partial charge is 0.236 e. The molecule has 2 aromatic rings. The molecule has 0 saturated carbocycles. The molecule has 8 aliphatic heterocycles. The zero-order valence-electron chi connectivity index (χ0n) is 73.0. The molecule has 0 bridgehead atoms. The Kier molecular flexibility index (Phi) is 65.7. The van der Waals surface area contributed by atoms with Crippen LogP contribution in [0.1, 0.15) is 256 Å². The Hall–Kier alpha value is -3.92. The fourth-order valence-corrected chi connectivity index (χ4v) is 13.7. The third-order valence-corrected chi connectivity index (χ3v) is 21.7. The van der Waals surface area contributed by atoms with Gasteiger partial charge >= 0.3 is 0 Å². The first-order chi connectivity index (χ1) is 50.1. The number of β-amino-alcohol motifs (C(OH)–C–C–N with tert-alkyl or cyclic N) is 1. The average Bonchev–Trinajstić information content (AvgIpc) is 1.31. The minimum atomic E-state index is -0.0324. The molecule has 10 rings (SSSR count). The number of aromatic nitrogens is 1. The van der Waals surface area contributed by atoms with Crippen molar-refractivity contribution in [2.45, 2.75) is 306 Å². The molecule has 20 nitrogen and oxygen atoms in total. The fourth-order valence-electron chi connectivity index (χ4n) is 13.7. The number of ether oxygens (including phenoxy) is 3. The summed E-state index contributed by atoms with van der Waals surface area (Å²) < 4.78 is 15.5. The van der Waals surface area contributed by atoms with Crippen molar-refractivity contribution in [1.82, 2.24) is 58.9 Å². The Morgan fingerprint density at radius 2 is 1.01 bits per heavy atom. The number of nitriles is 1. The number of piperazine rings is 3. The molecule has 648 valence electrons. The van der Waals surface area contributed by atoms with Gasteiger partial charge in [-0.05, 0) is 242 Å². The van der Waals surface area contributed by atoms with Crippen LogP contribution in [0.25, 0.3) is 0 Å². The summed E-state index contributed by atoms with van der Waals surface area (Å²) in [6, 6.07) is 20.6. The molecular formula is C90H181N13O7. The maximum Gasteiger partial charge on any atom is 0.236 e. The van der Waals surface area contributed by atoms with Crippen molar-refractivity contribution < 1.29 is 34.0 Å². The molecule has 1 aromatic carbocycles. The predicted octanol–water partition coefficient (Wildman–Crippen LogP) is 15.1. The number of pyridine rings is 1. The highest BCUT2D eigenvalue weighted by atomic mass is 16.5. The monoisotopic (exact) mass is 1560 g/mol. The SMILES string of the molecule is C.C.C.C.CC(=O)N1CCN(C(C)C)CC1.CC(C)N1CCC(C#N)CC1.CC(C)N1CCC(O)CC1.CC(C)N1CCN(C)C(=O)C1.CC(C)N1CCN(CCO)CC1.CC(C)N1CCOCC1.CC1CCN(C(C)C)C1.COCC1CCCN1C(C)C.COc1cccc(C(C)C)c1.Cc1cc(C(C)C)ccn1. The van der Waals surface area contributed by atoms with E-state index in [2.05, 4.69) is 225 Å². The highest BCUT2D eigenvalue weighted by Crippen LogP contribution is 2.23. The predicted molar refractivity (Wildman–Crippen MR) is 472 cm³/mol. The van der Waals surface area contributed by atoms with Gasteiger partial charge in [-0.2, -0.15) is 5.26 Å². The van der Waals surface area contributed by atoms with Gasteiger partial charge in [0.1, 0.15) is 5.75 Å². The van der Waals surface area contributed by atoms with Crippen molar-refractivity contribution in [2.75, 3.05) is 185 Å². The lowest BCUT2D eigenvalue weighted by Crippen LogP contribution is -2.50. The van der Waals surface area contributed by atoms with E-state index in [0.717, 1.165) is 180 Å². The first-order valence-corrected chi connectivity index (χ1v) is 41.6. The molecular weight excluding hydrogens is 1380 g/mol. The van der Waals surface area contributed by atoms with E-state index >= 15 is 0 Å². The molecule has 0 aliphatic carbocycles. The number of aryl methyl sites for hydroxylation is 1. The lowest BCUT2D eigenvalue weighted by Gasteiger charge is -2.36. The van der Waals surface area contributed by atoms with Gasteiger partial charge in [0.2, 0.25) is 11.8 Å². The van der Waals surface area contributed by atoms with Crippen LogP contribution in [0.4, 0.5) is 0 Å². The fraction of sp³-hybridized carbons (Fsp3) is 0.844. The van der Waals surface area contributed by atoms with Crippen LogP contribution in [0.5, 0.6) is 5.75 Å². The number of likely N-dealkylation sites (tertiary alicyclic amines) is 4. The Labute approximate surface area is 681 Å². The Balaban J connectivity index is -0.000000566. The number of nitrogens with zero attached hydrogens (tertiary/aromatic N) is 13. The van der Waals surface area contributed by atoms with E-state index in [1.54, 1.807) is 26.0 Å². The normalized spacial score (nSPS) is 20.1. The number of aliphatic hydroxyl groups is 2. The number of methoxy groups -OCH3 is 2. The summed E-state index contributed by atoms with van der Waals surface area (Å²) in [6.45, 7) is 75.4. The number of carbonyl (C=O) groups excluding carboxylic acids is 2. The standard InChI is InChI=1S/C10H14O.C9H18N2O.C9H20N2O.C9H16N2.C9H19NO.C9H13N.C8H16N2O.C8H17NO.C8H17N.C7H15NO.4CH4/c1-8(2)9-5-4-6-10(7-9)11-3;1-8(2)10-4-6-11(7-5-10)9(3)12;1-9(2)11-5-3-10(4-6-11)7-8-12;1-8(2)11-5-3-9(7-10)4-6-11;1-8(2)10-6-4-5-9(10)7-11-3;1-7(2)9-4-5-10-8(3)6-9;1-7(2)10-5-4-9(3)8(11)6-10;1-7(2)9-5-3-8(10)4-6-9;1-7(2)9-5-4-8(3)6-9;1-7(2)8-3-5-9-6-4-8;;;;/h4-8H,1-3H3;8H,4-7H2,1-3H3;9,12H,3-8H2,1-2H3;8-9H,3-6H2,1-2H3;8-9H,4-7H2,1-3H3;4-7H,1-3H3;7H,4-6H2,1-3H3;7-8,10H,3-6H2,1-2H3;7-8H,4-6H2,1-3H3;7H,3-6H2,1-2H3;4*1H4. The second-order valence-corrected chi connectivity index (χ2v) is 33.2. The number of morpholine rings is 1. The minimum Gasteiger partial charge on any atom is -0.497 e. The lowest BCUT2D eigenvalue weighted by atomic mass is 9.98. The van der Waals surface area contributed by atoms with Crippen LogP contribution in [0.2, 0.25) is 0 Å². The van der Waals surface area contributed by atoms with E-state index < -0.39 is 0 Å². The molecule has 8 saturated heterocycles. The molecule has 8 aliphatic rings. The second kappa shape index (κ2) is 64.3. The van der Waals surface area contributed by atoms with Crippen LogP contribution in [-0.4, -0.2) is 327 Å². The van der Waals surface area contributed by atoms with Gasteiger partial charge in [0.15, 0.2) is 0 Å². The van der Waals surface area contributed by atoms with Crippen molar-refractivity contribution >= 4 is 11.8 Å². The van der Waals surface area contributed by atoms with E-state index in [1.165, 1.54) is 50.0 Å². The summed E-state index contributed by atoms with van der Waals surface area (Å²) in [6.07, 6.45) is 9.93. The van der Waals surface area contributed by atoms with Crippen LogP contribution in [0, 0.1) is 30.1 Å². The van der Waals surface area contributed by atoms with Gasteiger partial charge in [0.05, 0.1) is 52.3 Å². The van der Waals surface area contributed by atoms with E-state index in [1.807, 2.05) is 37.2 Å². The molecule has 2 atom stereocenters. The number of likely N-dealkylation sites (N-methyl/N-ethyl adjacent to an activating group) is 1. The largest absolute Gasteiger partial charge is 0.497 e. The maximum atomic E-state index is 11.2. The van der Waals surface area contributed by atoms with Crippen LogP contribution >= 0.6 is 0 Å². The zero-order valence-corrected chi connectivity index (χ0v) is 73.0. The lowest BCUT2D eigenvalue weighted by molar-refractivity contribution is -0.135. The van der Waals surface area contributed by atoms with Crippen molar-refractivity contribution in [3.8, 4) is 11.8 Å². The highest BCUT2D eigenvalue weighted by Gasteiger charge is 2.28. The third-order valence-electron chi connectivity index (χ3n) is 21.7. The molecule has 0 spiro atoms. The zero-order chi connectivity index (χ0) is 80.0. The summed E-state index contributed by atoms with van der Waals surface area (Å²) in [5.74, 6) is 3.84. The Morgan fingerprint density at radius 3 is 1.38 bits per heavy atom. The molecule has 2 unspecified atom stereocenters. The summed E-state index contributed by atoms with van der Waals surface area (Å²) in [7, 11) is 5.34. The number of aliphatic hydroxyl groups excluding tert-OH is 2. The maximum absolute atomic E-state index is 11.2. The summed E-state index contributed by atoms with van der Waals surface area (Å²) >= 11 is 0. The molecule has 2 amide bonds. The molecule has 8 fully saturated rings. The van der Waals surface area contributed by atoms with Crippen molar-refractivity contribution in [3.63, 3.8) is 0 Å². The third kappa shape index (κ3) is 49.1. The molecule has 20 heteroatoms. The van der Waals surface area contributed by atoms with Gasteiger partial charge in [-0.25, -0.2) is 0 Å². The second-order valence-electron chi connectivity index (χ2n) is 33.2. The van der Waals surface area contributed by atoms with E-state index in [9.17, 15) is 14.7 Å². The van der Waals surface area contributed by atoms with E-state index in [-0.39, 0.29) is 47.6 Å². The van der Waals surface area contributed by atoms with Crippen LogP contribution in [-0.2, 0) is 19.1 Å². The molecule has 110 heavy (non-hydrogen) atoms. The van der Waals surface area contributed by atoms with Crippen LogP contribution in [0.15, 0.2) is 42.6 Å². The van der Waals surface area contributed by atoms with Crippen LogP contribution in [0.3, 0.4) is 0 Å². The van der Waals surface area contributed by atoms with Gasteiger partial charge in [-0.15, -0.1) is 0 Å². The summed E-state index contributed by atoms with van der Waals surface area (Å²) in [5, 5.41) is 26.6. The Bertz CT molecular complexity index is 2520. The molecule has 2 N–H and O–H groups in total. The number of benzene rings is 1. The van der Waals surface area contributed by atoms with Crippen molar-refractivity contribution in [1.29, 1.82) is 5.26 Å². The topological polar surface area (TPSA) is 175 Å².